The lowest BCUT2D eigenvalue weighted by Gasteiger charge is -2.17. The molecule has 1 N–H and O–H groups in total. The molecule has 1 heterocycles. The fourth-order valence-corrected chi connectivity index (χ4v) is 3.77. The second-order valence-corrected chi connectivity index (χ2v) is 6.48. The zero-order chi connectivity index (χ0) is 13.1. The predicted molar refractivity (Wildman–Crippen MR) is 83.5 cm³/mol. The molecule has 2 aromatic rings. The van der Waals surface area contributed by atoms with Crippen LogP contribution in [0, 0.1) is 0 Å². The summed E-state index contributed by atoms with van der Waals surface area (Å²) in [7, 11) is 2.01. The van der Waals surface area contributed by atoms with Gasteiger partial charge in [0.1, 0.15) is 0 Å². The quantitative estimate of drug-likeness (QED) is 0.840. The Morgan fingerprint density at radius 3 is 2.11 bits per heavy atom. The largest absolute Gasteiger partial charge is 0.309 e. The highest BCUT2D eigenvalue weighted by Gasteiger charge is 2.16. The minimum absolute atomic E-state index is 0.264. The molecule has 0 spiro atoms. The van der Waals surface area contributed by atoms with E-state index in [1.54, 1.807) is 11.3 Å². The van der Waals surface area contributed by atoms with Crippen molar-refractivity contribution >= 4 is 27.3 Å². The maximum atomic E-state index is 3.61. The van der Waals surface area contributed by atoms with Crippen LogP contribution in [0.1, 0.15) is 41.8 Å². The summed E-state index contributed by atoms with van der Waals surface area (Å²) in [6, 6.07) is 11.3. The summed E-state index contributed by atoms with van der Waals surface area (Å²) < 4.78 is 1.18. The maximum absolute atomic E-state index is 3.61. The Morgan fingerprint density at radius 1 is 1.06 bits per heavy atom. The molecule has 3 heteroatoms. The summed E-state index contributed by atoms with van der Waals surface area (Å²) in [5, 5.41) is 5.51. The van der Waals surface area contributed by atoms with Gasteiger partial charge in [-0.05, 0) is 51.5 Å². The number of hydrogen-bond donors (Lipinski definition) is 1. The van der Waals surface area contributed by atoms with Gasteiger partial charge in [-0.15, -0.1) is 11.3 Å². The number of halogens is 1. The second kappa shape index (κ2) is 6.00. The van der Waals surface area contributed by atoms with Crippen molar-refractivity contribution < 1.29 is 0 Å². The van der Waals surface area contributed by atoms with E-state index in [0.29, 0.717) is 5.92 Å². The van der Waals surface area contributed by atoms with Gasteiger partial charge in [-0.3, -0.25) is 0 Å². The maximum Gasteiger partial charge on any atom is 0.0680 e. The topological polar surface area (TPSA) is 12.0 Å². The van der Waals surface area contributed by atoms with E-state index in [4.69, 9.17) is 0 Å². The summed E-state index contributed by atoms with van der Waals surface area (Å²) in [6.07, 6.45) is 0. The molecule has 1 aromatic carbocycles. The van der Waals surface area contributed by atoms with Gasteiger partial charge in [0.15, 0.2) is 0 Å². The molecular formula is C15H18BrNS. The molecule has 0 bridgehead atoms. The van der Waals surface area contributed by atoms with Gasteiger partial charge in [-0.2, -0.15) is 0 Å². The van der Waals surface area contributed by atoms with E-state index in [1.165, 1.54) is 20.5 Å². The third-order valence-electron chi connectivity index (χ3n) is 3.13. The van der Waals surface area contributed by atoms with Gasteiger partial charge in [0.05, 0.1) is 6.04 Å². The molecule has 0 amide bonds. The molecule has 1 unspecified atom stereocenters. The van der Waals surface area contributed by atoms with Crippen molar-refractivity contribution in [2.45, 2.75) is 25.8 Å². The van der Waals surface area contributed by atoms with Crippen LogP contribution in [0.2, 0.25) is 0 Å². The van der Waals surface area contributed by atoms with Crippen molar-refractivity contribution in [2.75, 3.05) is 7.05 Å². The molecule has 1 atom stereocenters. The van der Waals surface area contributed by atoms with E-state index in [-0.39, 0.29) is 6.04 Å². The highest BCUT2D eigenvalue weighted by molar-refractivity contribution is 9.10. The van der Waals surface area contributed by atoms with E-state index in [2.05, 4.69) is 70.8 Å². The van der Waals surface area contributed by atoms with Gasteiger partial charge in [0.25, 0.3) is 0 Å². The van der Waals surface area contributed by atoms with Crippen LogP contribution in [0.15, 0.2) is 40.2 Å². The van der Waals surface area contributed by atoms with Gasteiger partial charge in [0, 0.05) is 9.35 Å². The Kier molecular flexibility index (Phi) is 4.60. The molecule has 0 saturated carbocycles. The standard InChI is InChI=1S/C15H18BrNS/c1-10(2)11-4-6-12(7-5-11)14(17-3)15-13(16)8-9-18-15/h4-10,14,17H,1-3H3. The first-order valence-electron chi connectivity index (χ1n) is 6.13. The average molecular weight is 324 g/mol. The van der Waals surface area contributed by atoms with Crippen LogP contribution in [0.5, 0.6) is 0 Å². The number of thiophene rings is 1. The smallest absolute Gasteiger partial charge is 0.0680 e. The van der Waals surface area contributed by atoms with Crippen LogP contribution in [0.3, 0.4) is 0 Å². The zero-order valence-electron chi connectivity index (χ0n) is 10.9. The zero-order valence-corrected chi connectivity index (χ0v) is 13.3. The van der Waals surface area contributed by atoms with Gasteiger partial charge in [-0.1, -0.05) is 38.1 Å². The van der Waals surface area contributed by atoms with E-state index in [1.807, 2.05) is 7.05 Å². The molecule has 1 nitrogen and oxygen atoms in total. The molecule has 0 aliphatic heterocycles. The lowest BCUT2D eigenvalue weighted by Crippen LogP contribution is -2.16. The van der Waals surface area contributed by atoms with Crippen LogP contribution in [0.25, 0.3) is 0 Å². The van der Waals surface area contributed by atoms with E-state index < -0.39 is 0 Å². The van der Waals surface area contributed by atoms with E-state index >= 15 is 0 Å². The summed E-state index contributed by atoms with van der Waals surface area (Å²) >= 11 is 5.39. The number of nitrogens with one attached hydrogen (secondary N) is 1. The number of benzene rings is 1. The van der Waals surface area contributed by atoms with Gasteiger partial charge < -0.3 is 5.32 Å². The molecule has 1 aromatic heterocycles. The van der Waals surface area contributed by atoms with Crippen LogP contribution in [-0.4, -0.2) is 7.05 Å². The first-order valence-corrected chi connectivity index (χ1v) is 7.80. The Balaban J connectivity index is 2.31. The Bertz CT molecular complexity index is 501. The first-order chi connectivity index (χ1) is 8.63. The Hall–Kier alpha value is -0.640. The normalized spacial score (nSPS) is 12.9. The monoisotopic (exact) mass is 323 g/mol. The molecule has 0 aliphatic rings. The SMILES string of the molecule is CNC(c1ccc(C(C)C)cc1)c1sccc1Br. The van der Waals surface area contributed by atoms with E-state index in [0.717, 1.165) is 0 Å². The van der Waals surface area contributed by atoms with Crippen LogP contribution in [0.4, 0.5) is 0 Å². The molecule has 2 rings (SSSR count). The summed E-state index contributed by atoms with van der Waals surface area (Å²) in [6.45, 7) is 4.45. The van der Waals surface area contributed by atoms with Gasteiger partial charge in [-0.25, -0.2) is 0 Å². The van der Waals surface area contributed by atoms with Crippen LogP contribution >= 0.6 is 27.3 Å². The van der Waals surface area contributed by atoms with Crippen LogP contribution < -0.4 is 5.32 Å². The molecule has 0 saturated heterocycles. The van der Waals surface area contributed by atoms with Crippen molar-refractivity contribution in [1.29, 1.82) is 0 Å². The summed E-state index contributed by atoms with van der Waals surface area (Å²) in [5.41, 5.74) is 2.70. The highest BCUT2D eigenvalue weighted by atomic mass is 79.9. The molecule has 0 radical (unpaired) electrons. The highest BCUT2D eigenvalue weighted by Crippen LogP contribution is 2.33. The van der Waals surface area contributed by atoms with Gasteiger partial charge in [0.2, 0.25) is 0 Å². The number of hydrogen-bond acceptors (Lipinski definition) is 2. The molecular weight excluding hydrogens is 306 g/mol. The van der Waals surface area contributed by atoms with Crippen molar-refractivity contribution in [1.82, 2.24) is 5.32 Å². The van der Waals surface area contributed by atoms with E-state index in [9.17, 15) is 0 Å². The van der Waals surface area contributed by atoms with Crippen LogP contribution in [-0.2, 0) is 0 Å². The molecule has 0 fully saturated rings. The molecule has 96 valence electrons. The first kappa shape index (κ1) is 13.8. The fourth-order valence-electron chi connectivity index (χ4n) is 2.03. The van der Waals surface area contributed by atoms with Crippen molar-refractivity contribution in [3.8, 4) is 0 Å². The minimum atomic E-state index is 0.264. The lowest BCUT2D eigenvalue weighted by molar-refractivity contribution is 0.700. The average Bonchev–Trinajstić information content (AvgIpc) is 2.78. The van der Waals surface area contributed by atoms with Crippen molar-refractivity contribution in [3.05, 3.63) is 56.2 Å². The fraction of sp³-hybridized carbons (Fsp3) is 0.333. The molecule has 18 heavy (non-hydrogen) atoms. The van der Waals surface area contributed by atoms with Gasteiger partial charge >= 0.3 is 0 Å². The molecule has 0 aliphatic carbocycles. The van der Waals surface area contributed by atoms with Crippen molar-refractivity contribution in [3.63, 3.8) is 0 Å². The Morgan fingerprint density at radius 2 is 1.67 bits per heavy atom. The summed E-state index contributed by atoms with van der Waals surface area (Å²) in [5.74, 6) is 0.584. The predicted octanol–water partition coefficient (Wildman–Crippen LogP) is 4.94. The third-order valence-corrected chi connectivity index (χ3v) is 5.07. The third kappa shape index (κ3) is 2.85. The minimum Gasteiger partial charge on any atom is -0.309 e. The lowest BCUT2D eigenvalue weighted by atomic mass is 9.98. The summed E-state index contributed by atoms with van der Waals surface area (Å²) in [4.78, 5) is 1.33. The second-order valence-electron chi connectivity index (χ2n) is 4.68. The van der Waals surface area contributed by atoms with Crippen molar-refractivity contribution in [2.24, 2.45) is 0 Å². The Labute approximate surface area is 121 Å². The number of rotatable bonds is 4.